The van der Waals surface area contributed by atoms with Crippen molar-refractivity contribution in [1.82, 2.24) is 19.7 Å². The zero-order valence-corrected chi connectivity index (χ0v) is 17.0. The molecule has 0 fully saturated rings. The van der Waals surface area contributed by atoms with Gasteiger partial charge in [0.15, 0.2) is 22.1 Å². The summed E-state index contributed by atoms with van der Waals surface area (Å²) in [5, 5.41) is 9.13. The smallest absolute Gasteiger partial charge is 0.231 e. The number of aromatic nitrogens is 3. The maximum atomic E-state index is 12.8. The minimum Gasteiger partial charge on any atom is -0.454 e. The molecule has 0 saturated heterocycles. The Hall–Kier alpha value is -2.65. The van der Waals surface area contributed by atoms with Crippen LogP contribution in [0.3, 0.4) is 0 Å². The van der Waals surface area contributed by atoms with E-state index in [-0.39, 0.29) is 12.7 Å². The lowest BCUT2D eigenvalue weighted by Crippen LogP contribution is -2.31. The highest BCUT2D eigenvalue weighted by atomic mass is 32.1. The molecular weight excluding hydrogens is 396 g/mol. The van der Waals surface area contributed by atoms with Crippen LogP contribution >= 0.6 is 23.6 Å². The molecule has 1 aromatic carbocycles. The van der Waals surface area contributed by atoms with Gasteiger partial charge in [-0.3, -0.25) is 14.5 Å². The molecule has 1 aliphatic heterocycles. The summed E-state index contributed by atoms with van der Waals surface area (Å²) < 4.78 is 13.2. The second kappa shape index (κ2) is 8.15. The topological polar surface area (TPSA) is 72.4 Å². The summed E-state index contributed by atoms with van der Waals surface area (Å²) in [6, 6.07) is 9.74. The van der Waals surface area contributed by atoms with E-state index in [1.165, 1.54) is 0 Å². The molecule has 3 heterocycles. The first-order valence-corrected chi connectivity index (χ1v) is 10.3. The van der Waals surface area contributed by atoms with E-state index in [1.54, 1.807) is 11.3 Å². The monoisotopic (exact) mass is 416 g/mol. The number of benzene rings is 1. The summed E-state index contributed by atoms with van der Waals surface area (Å²) in [5.74, 6) is 2.31. The Morgan fingerprint density at radius 3 is 3.00 bits per heavy atom. The highest BCUT2D eigenvalue weighted by molar-refractivity contribution is 7.71. The molecule has 0 bridgehead atoms. The highest BCUT2D eigenvalue weighted by Crippen LogP contribution is 2.32. The van der Waals surface area contributed by atoms with Crippen molar-refractivity contribution in [3.05, 3.63) is 46.0 Å². The Labute approximate surface area is 171 Å². The van der Waals surface area contributed by atoms with Crippen LogP contribution in [-0.2, 0) is 17.9 Å². The number of nitrogens with zero attached hydrogens (tertiary/aromatic N) is 3. The van der Waals surface area contributed by atoms with Gasteiger partial charge in [0.05, 0.1) is 4.88 Å². The molecule has 7 nitrogen and oxygen atoms in total. The van der Waals surface area contributed by atoms with Gasteiger partial charge < -0.3 is 14.4 Å². The molecule has 0 radical (unpaired) electrons. The Bertz CT molecular complexity index is 1030. The molecule has 1 aliphatic rings. The summed E-state index contributed by atoms with van der Waals surface area (Å²) in [5.41, 5.74) is 1.01. The van der Waals surface area contributed by atoms with Gasteiger partial charge in [-0.2, -0.15) is 5.10 Å². The molecule has 2 aromatic heterocycles. The van der Waals surface area contributed by atoms with Crippen LogP contribution in [-0.4, -0.2) is 38.9 Å². The molecular formula is C19H20N4O3S2. The van der Waals surface area contributed by atoms with Crippen LogP contribution in [0.2, 0.25) is 0 Å². The van der Waals surface area contributed by atoms with E-state index in [4.69, 9.17) is 21.7 Å². The van der Waals surface area contributed by atoms with Crippen molar-refractivity contribution in [2.75, 3.05) is 13.3 Å². The minimum atomic E-state index is 0.0698. The van der Waals surface area contributed by atoms with Gasteiger partial charge in [-0.05, 0) is 48.3 Å². The molecule has 0 saturated carbocycles. The van der Waals surface area contributed by atoms with Crippen LogP contribution in [0.4, 0.5) is 0 Å². The van der Waals surface area contributed by atoms with Gasteiger partial charge in [-0.25, -0.2) is 0 Å². The van der Waals surface area contributed by atoms with Gasteiger partial charge in [0, 0.05) is 26.1 Å². The standard InChI is InChI=1S/C19H20N4O3S2/c1-2-22(11-13-5-6-14-15(10-13)26-12-25-14)17(24)7-8-23-18(20-21-19(23)27)16-4-3-9-28-16/h3-6,9-10H,2,7-8,11-12H2,1H3,(H,21,27). The first-order chi connectivity index (χ1) is 13.7. The number of rotatable bonds is 7. The lowest BCUT2D eigenvalue weighted by molar-refractivity contribution is -0.131. The van der Waals surface area contributed by atoms with E-state index in [2.05, 4.69) is 10.2 Å². The normalized spacial score (nSPS) is 12.3. The van der Waals surface area contributed by atoms with E-state index in [9.17, 15) is 4.79 Å². The van der Waals surface area contributed by atoms with Crippen molar-refractivity contribution in [2.45, 2.75) is 26.4 Å². The van der Waals surface area contributed by atoms with Crippen molar-refractivity contribution < 1.29 is 14.3 Å². The number of hydrogen-bond acceptors (Lipinski definition) is 6. The van der Waals surface area contributed by atoms with Crippen molar-refractivity contribution in [2.24, 2.45) is 0 Å². The van der Waals surface area contributed by atoms with Crippen molar-refractivity contribution in [3.8, 4) is 22.2 Å². The van der Waals surface area contributed by atoms with Crippen LogP contribution in [0.25, 0.3) is 10.7 Å². The molecule has 1 N–H and O–H groups in total. The van der Waals surface area contributed by atoms with Gasteiger partial charge >= 0.3 is 0 Å². The first-order valence-electron chi connectivity index (χ1n) is 9.01. The van der Waals surface area contributed by atoms with Crippen molar-refractivity contribution in [1.29, 1.82) is 0 Å². The number of thiophene rings is 1. The fraction of sp³-hybridized carbons (Fsp3) is 0.316. The summed E-state index contributed by atoms with van der Waals surface area (Å²) in [6.07, 6.45) is 0.352. The SMILES string of the molecule is CCN(Cc1ccc2c(c1)OCO2)C(=O)CCn1c(-c2cccs2)n[nH]c1=S. The summed E-state index contributed by atoms with van der Waals surface area (Å²) >= 11 is 6.94. The fourth-order valence-corrected chi connectivity index (χ4v) is 4.07. The molecule has 0 aliphatic carbocycles. The van der Waals surface area contributed by atoms with E-state index in [1.807, 2.05) is 52.1 Å². The third-order valence-electron chi connectivity index (χ3n) is 4.59. The molecule has 4 rings (SSSR count). The van der Waals surface area contributed by atoms with Crippen LogP contribution < -0.4 is 9.47 Å². The second-order valence-corrected chi connectivity index (χ2v) is 7.66. The summed E-state index contributed by atoms with van der Waals surface area (Å²) in [4.78, 5) is 15.7. The maximum Gasteiger partial charge on any atom is 0.231 e. The third kappa shape index (κ3) is 3.81. The average molecular weight is 417 g/mol. The second-order valence-electron chi connectivity index (χ2n) is 6.33. The number of carbonyl (C=O) groups excluding carboxylic acids is 1. The van der Waals surface area contributed by atoms with Crippen LogP contribution in [0, 0.1) is 4.77 Å². The third-order valence-corrected chi connectivity index (χ3v) is 5.77. The van der Waals surface area contributed by atoms with E-state index in [0.717, 1.165) is 27.8 Å². The van der Waals surface area contributed by atoms with E-state index < -0.39 is 0 Å². The summed E-state index contributed by atoms with van der Waals surface area (Å²) in [7, 11) is 0. The fourth-order valence-electron chi connectivity index (χ4n) is 3.12. The minimum absolute atomic E-state index is 0.0698. The van der Waals surface area contributed by atoms with Gasteiger partial charge in [-0.15, -0.1) is 11.3 Å². The van der Waals surface area contributed by atoms with E-state index in [0.29, 0.717) is 30.8 Å². The number of H-pyrrole nitrogens is 1. The lowest BCUT2D eigenvalue weighted by atomic mass is 10.2. The van der Waals surface area contributed by atoms with Gasteiger partial charge in [0.1, 0.15) is 0 Å². The zero-order chi connectivity index (χ0) is 19.5. The number of fused-ring (bicyclic) bond motifs is 1. The largest absolute Gasteiger partial charge is 0.454 e. The van der Waals surface area contributed by atoms with Crippen LogP contribution in [0.1, 0.15) is 18.9 Å². The Balaban J connectivity index is 1.43. The number of amides is 1. The lowest BCUT2D eigenvalue weighted by Gasteiger charge is -2.21. The summed E-state index contributed by atoms with van der Waals surface area (Å²) in [6.45, 7) is 3.86. The van der Waals surface area contributed by atoms with Gasteiger partial charge in [0.25, 0.3) is 0 Å². The quantitative estimate of drug-likeness (QED) is 0.593. The molecule has 0 spiro atoms. The first kappa shape index (κ1) is 18.7. The Kier molecular flexibility index (Phi) is 5.45. The Morgan fingerprint density at radius 1 is 1.36 bits per heavy atom. The van der Waals surface area contributed by atoms with Gasteiger partial charge in [-0.1, -0.05) is 12.1 Å². The number of hydrogen-bond donors (Lipinski definition) is 1. The highest BCUT2D eigenvalue weighted by Gasteiger charge is 2.18. The average Bonchev–Trinajstić information content (AvgIpc) is 3.44. The molecule has 1 amide bonds. The molecule has 0 atom stereocenters. The molecule has 0 unspecified atom stereocenters. The molecule has 146 valence electrons. The number of ether oxygens (including phenoxy) is 2. The number of nitrogens with one attached hydrogen (secondary N) is 1. The van der Waals surface area contributed by atoms with Crippen LogP contribution in [0.5, 0.6) is 11.5 Å². The maximum absolute atomic E-state index is 12.8. The number of carbonyl (C=O) groups is 1. The van der Waals surface area contributed by atoms with Crippen molar-refractivity contribution >= 4 is 29.5 Å². The van der Waals surface area contributed by atoms with E-state index >= 15 is 0 Å². The van der Waals surface area contributed by atoms with Crippen molar-refractivity contribution in [3.63, 3.8) is 0 Å². The molecule has 9 heteroatoms. The predicted molar refractivity (Wildman–Crippen MR) is 109 cm³/mol. The zero-order valence-electron chi connectivity index (χ0n) is 15.4. The number of aromatic amines is 1. The molecule has 3 aromatic rings. The van der Waals surface area contributed by atoms with Crippen LogP contribution in [0.15, 0.2) is 35.7 Å². The predicted octanol–water partition coefficient (Wildman–Crippen LogP) is 3.84. The molecule has 28 heavy (non-hydrogen) atoms. The van der Waals surface area contributed by atoms with Gasteiger partial charge in [0.2, 0.25) is 12.7 Å². The Morgan fingerprint density at radius 2 is 2.21 bits per heavy atom.